The van der Waals surface area contributed by atoms with Crippen molar-refractivity contribution in [2.45, 2.75) is 32.9 Å². The fraction of sp³-hybridized carbons (Fsp3) is 0.185. The van der Waals surface area contributed by atoms with Crippen LogP contribution in [0.15, 0.2) is 91.5 Å². The molecule has 0 spiro atoms. The lowest BCUT2D eigenvalue weighted by Gasteiger charge is -2.24. The summed E-state index contributed by atoms with van der Waals surface area (Å²) in [4.78, 5) is 17.5. The van der Waals surface area contributed by atoms with Gasteiger partial charge >= 0.3 is 0 Å². The van der Waals surface area contributed by atoms with Gasteiger partial charge in [0.1, 0.15) is 6.04 Å². The molecular weight excluding hydrogens is 396 g/mol. The molecule has 5 heteroatoms. The normalized spacial score (nSPS) is 12.8. The Morgan fingerprint density at radius 2 is 1.69 bits per heavy atom. The van der Waals surface area contributed by atoms with E-state index in [4.69, 9.17) is 0 Å². The molecule has 0 saturated carbocycles. The summed E-state index contributed by atoms with van der Waals surface area (Å²) in [6, 6.07) is 23.7. The molecule has 0 aliphatic rings. The molecule has 2 N–H and O–H groups in total. The van der Waals surface area contributed by atoms with Gasteiger partial charge in [0.25, 0.3) is 0 Å². The van der Waals surface area contributed by atoms with Crippen molar-refractivity contribution in [3.63, 3.8) is 0 Å². The summed E-state index contributed by atoms with van der Waals surface area (Å²) in [6.07, 6.45) is 5.45. The molecule has 2 atom stereocenters. The number of nitrogens with zero attached hydrogens (tertiary/aromatic N) is 2. The molecule has 5 nitrogen and oxygen atoms in total. The predicted molar refractivity (Wildman–Crippen MR) is 129 cm³/mol. The molecule has 32 heavy (non-hydrogen) atoms. The maximum absolute atomic E-state index is 13.4. The van der Waals surface area contributed by atoms with Crippen LogP contribution in [0.3, 0.4) is 0 Å². The number of nitrogens with one attached hydrogen (secondary N) is 2. The van der Waals surface area contributed by atoms with Gasteiger partial charge in [-0.25, -0.2) is 4.98 Å². The largest absolute Gasteiger partial charge is 0.324 e. The van der Waals surface area contributed by atoms with Crippen molar-refractivity contribution in [3.05, 3.63) is 114 Å². The van der Waals surface area contributed by atoms with Gasteiger partial charge in [0, 0.05) is 29.8 Å². The van der Waals surface area contributed by atoms with Crippen LogP contribution in [0, 0.1) is 13.8 Å². The summed E-state index contributed by atoms with van der Waals surface area (Å²) in [5.74, 6) is -0.0771. The first-order valence-electron chi connectivity index (χ1n) is 10.8. The lowest BCUT2D eigenvalue weighted by Crippen LogP contribution is -2.34. The number of aromatic nitrogens is 2. The minimum atomic E-state index is -0.487. The van der Waals surface area contributed by atoms with Gasteiger partial charge in [-0.15, -0.1) is 0 Å². The van der Waals surface area contributed by atoms with Gasteiger partial charge in [-0.1, -0.05) is 54.6 Å². The van der Waals surface area contributed by atoms with E-state index in [9.17, 15) is 4.79 Å². The number of amides is 1. The minimum Gasteiger partial charge on any atom is -0.324 e. The molecule has 4 aromatic rings. The van der Waals surface area contributed by atoms with Crippen LogP contribution in [0.5, 0.6) is 0 Å². The summed E-state index contributed by atoms with van der Waals surface area (Å²) in [6.45, 7) is 6.11. The van der Waals surface area contributed by atoms with Gasteiger partial charge in [-0.2, -0.15) is 0 Å². The quantitative estimate of drug-likeness (QED) is 0.411. The summed E-state index contributed by atoms with van der Waals surface area (Å²) < 4.78 is 1.96. The number of rotatable bonds is 7. The van der Waals surface area contributed by atoms with E-state index in [1.807, 2.05) is 73.1 Å². The zero-order valence-corrected chi connectivity index (χ0v) is 18.6. The van der Waals surface area contributed by atoms with Crippen LogP contribution in [0.25, 0.3) is 5.69 Å². The molecule has 0 fully saturated rings. The molecule has 162 valence electrons. The molecule has 3 aromatic carbocycles. The van der Waals surface area contributed by atoms with E-state index in [2.05, 4.69) is 46.8 Å². The van der Waals surface area contributed by atoms with Crippen LogP contribution in [0.1, 0.15) is 41.3 Å². The lowest BCUT2D eigenvalue weighted by atomic mass is 10.0. The number of carbonyl (C=O) groups is 1. The Hall–Kier alpha value is -3.70. The second-order valence-electron chi connectivity index (χ2n) is 8.10. The van der Waals surface area contributed by atoms with Crippen LogP contribution < -0.4 is 10.6 Å². The average Bonchev–Trinajstić information content (AvgIpc) is 3.35. The highest BCUT2D eigenvalue weighted by molar-refractivity contribution is 5.96. The maximum atomic E-state index is 13.4. The zero-order chi connectivity index (χ0) is 22.5. The first-order chi connectivity index (χ1) is 15.5. The third-order valence-electron chi connectivity index (χ3n) is 5.66. The number of aryl methyl sites for hydroxylation is 2. The summed E-state index contributed by atoms with van der Waals surface area (Å²) in [5, 5.41) is 6.65. The van der Waals surface area contributed by atoms with E-state index >= 15 is 0 Å². The number of hydrogen-bond acceptors (Lipinski definition) is 3. The van der Waals surface area contributed by atoms with E-state index in [1.54, 1.807) is 12.5 Å². The van der Waals surface area contributed by atoms with Crippen LogP contribution in [0.2, 0.25) is 0 Å². The number of imidazole rings is 1. The first-order valence-corrected chi connectivity index (χ1v) is 10.8. The third kappa shape index (κ3) is 4.95. The molecule has 0 saturated heterocycles. The lowest BCUT2D eigenvalue weighted by molar-refractivity contribution is -0.118. The third-order valence-corrected chi connectivity index (χ3v) is 5.66. The summed E-state index contributed by atoms with van der Waals surface area (Å²) in [5.41, 5.74) is 6.08. The van der Waals surface area contributed by atoms with Gasteiger partial charge in [0.2, 0.25) is 5.91 Å². The van der Waals surface area contributed by atoms with Crippen LogP contribution in [0.4, 0.5) is 5.69 Å². The average molecular weight is 425 g/mol. The number of carbonyl (C=O) groups excluding carboxylic acids is 1. The molecule has 1 heterocycles. The topological polar surface area (TPSA) is 59.0 Å². The Balaban J connectivity index is 1.55. The predicted octanol–water partition coefficient (Wildman–Crippen LogP) is 5.52. The van der Waals surface area contributed by atoms with Crippen LogP contribution in [-0.2, 0) is 4.79 Å². The van der Waals surface area contributed by atoms with Crippen molar-refractivity contribution >= 4 is 11.6 Å². The van der Waals surface area contributed by atoms with Crippen molar-refractivity contribution in [2.24, 2.45) is 0 Å². The van der Waals surface area contributed by atoms with Crippen molar-refractivity contribution in [2.75, 3.05) is 5.32 Å². The van der Waals surface area contributed by atoms with E-state index in [0.717, 1.165) is 33.6 Å². The number of hydrogen-bond donors (Lipinski definition) is 2. The highest BCUT2D eigenvalue weighted by Crippen LogP contribution is 2.24. The van der Waals surface area contributed by atoms with Gasteiger partial charge in [-0.3, -0.25) is 10.1 Å². The zero-order valence-electron chi connectivity index (χ0n) is 18.6. The van der Waals surface area contributed by atoms with E-state index in [0.29, 0.717) is 0 Å². The fourth-order valence-electron chi connectivity index (χ4n) is 3.74. The number of benzene rings is 3. The Labute approximate surface area is 189 Å². The Morgan fingerprint density at radius 1 is 0.938 bits per heavy atom. The standard InChI is InChI=1S/C27H28N4O/c1-19-9-10-20(2)25(17-19)30-27(32)26(23-7-5-4-6-8-23)29-21(3)22-11-13-24(14-12-22)31-16-15-28-18-31/h4-18,21,26,29H,1-3H3,(H,30,32)/t21-,26+/m0/s1. The molecule has 0 radical (unpaired) electrons. The monoisotopic (exact) mass is 424 g/mol. The van der Waals surface area contributed by atoms with Gasteiger partial charge < -0.3 is 9.88 Å². The molecule has 0 aliphatic carbocycles. The molecular formula is C27H28N4O. The van der Waals surface area contributed by atoms with Gasteiger partial charge in [0.05, 0.1) is 6.33 Å². The highest BCUT2D eigenvalue weighted by atomic mass is 16.2. The van der Waals surface area contributed by atoms with Crippen molar-refractivity contribution in [3.8, 4) is 5.69 Å². The summed E-state index contributed by atoms with van der Waals surface area (Å²) >= 11 is 0. The highest BCUT2D eigenvalue weighted by Gasteiger charge is 2.23. The second-order valence-corrected chi connectivity index (χ2v) is 8.10. The molecule has 0 aliphatic heterocycles. The second kappa shape index (κ2) is 9.62. The van der Waals surface area contributed by atoms with E-state index in [-0.39, 0.29) is 11.9 Å². The summed E-state index contributed by atoms with van der Waals surface area (Å²) in [7, 11) is 0. The molecule has 1 amide bonds. The van der Waals surface area contributed by atoms with Crippen LogP contribution >= 0.6 is 0 Å². The van der Waals surface area contributed by atoms with Crippen molar-refractivity contribution in [1.29, 1.82) is 0 Å². The number of anilines is 1. The van der Waals surface area contributed by atoms with Crippen LogP contribution in [-0.4, -0.2) is 15.5 Å². The first kappa shape index (κ1) is 21.5. The molecule has 1 aromatic heterocycles. The van der Waals surface area contributed by atoms with Gasteiger partial charge in [0.15, 0.2) is 0 Å². The Bertz CT molecular complexity index is 1170. The Kier molecular flexibility index (Phi) is 6.47. The molecule has 0 bridgehead atoms. The van der Waals surface area contributed by atoms with E-state index in [1.165, 1.54) is 0 Å². The van der Waals surface area contributed by atoms with Crippen molar-refractivity contribution in [1.82, 2.24) is 14.9 Å². The smallest absolute Gasteiger partial charge is 0.246 e. The fourth-order valence-corrected chi connectivity index (χ4v) is 3.74. The van der Waals surface area contributed by atoms with Crippen molar-refractivity contribution < 1.29 is 4.79 Å². The Morgan fingerprint density at radius 3 is 2.38 bits per heavy atom. The maximum Gasteiger partial charge on any atom is 0.246 e. The SMILES string of the molecule is Cc1ccc(C)c(NC(=O)[C@H](N[C@@H](C)c2ccc(-n3ccnc3)cc2)c2ccccc2)c1. The minimum absolute atomic E-state index is 0.0265. The molecule has 0 unspecified atom stereocenters. The van der Waals surface area contributed by atoms with E-state index < -0.39 is 6.04 Å². The molecule has 4 rings (SSSR count). The van der Waals surface area contributed by atoms with Gasteiger partial charge in [-0.05, 0) is 61.2 Å².